The third kappa shape index (κ3) is 3.24. The lowest BCUT2D eigenvalue weighted by Crippen LogP contribution is -2.35. The van der Waals surface area contributed by atoms with Gasteiger partial charge in [0.2, 0.25) is 5.91 Å². The van der Waals surface area contributed by atoms with E-state index in [0.29, 0.717) is 10.7 Å². The summed E-state index contributed by atoms with van der Waals surface area (Å²) < 4.78 is 0. The number of benzene rings is 1. The normalized spacial score (nSPS) is 9.88. The maximum Gasteiger partial charge on any atom is 0.323 e. The van der Waals surface area contributed by atoms with Gasteiger partial charge in [0.05, 0.1) is 0 Å². The minimum atomic E-state index is -1.05. The molecule has 0 aromatic heterocycles. The van der Waals surface area contributed by atoms with Crippen molar-refractivity contribution in [2.45, 2.75) is 13.3 Å². The van der Waals surface area contributed by atoms with E-state index in [1.165, 1.54) is 4.90 Å². The van der Waals surface area contributed by atoms with Crippen LogP contribution >= 0.6 is 11.6 Å². The summed E-state index contributed by atoms with van der Waals surface area (Å²) in [5, 5.41) is 9.20. The van der Waals surface area contributed by atoms with E-state index in [0.717, 1.165) is 0 Å². The highest BCUT2D eigenvalue weighted by Gasteiger charge is 2.17. The van der Waals surface area contributed by atoms with Crippen LogP contribution in [0.25, 0.3) is 0 Å². The predicted octanol–water partition coefficient (Wildman–Crippen LogP) is 2.17. The van der Waals surface area contributed by atoms with Gasteiger partial charge < -0.3 is 10.0 Å². The van der Waals surface area contributed by atoms with E-state index in [1.807, 2.05) is 0 Å². The average molecular weight is 242 g/mol. The van der Waals surface area contributed by atoms with E-state index in [1.54, 1.807) is 31.2 Å². The molecule has 0 atom stereocenters. The molecule has 0 bridgehead atoms. The van der Waals surface area contributed by atoms with Crippen molar-refractivity contribution in [3.63, 3.8) is 0 Å². The zero-order valence-corrected chi connectivity index (χ0v) is 9.57. The first-order valence-electron chi connectivity index (χ1n) is 4.82. The molecule has 0 aliphatic heterocycles. The summed E-state index contributed by atoms with van der Waals surface area (Å²) >= 11 is 5.79. The van der Waals surface area contributed by atoms with Gasteiger partial charge in [-0.2, -0.15) is 0 Å². The van der Waals surface area contributed by atoms with Gasteiger partial charge in [0, 0.05) is 17.1 Å². The molecule has 1 rings (SSSR count). The Hall–Kier alpha value is -1.55. The van der Waals surface area contributed by atoms with Crippen LogP contribution in [0.3, 0.4) is 0 Å². The smallest absolute Gasteiger partial charge is 0.323 e. The number of carbonyl (C=O) groups excluding carboxylic acids is 1. The maximum atomic E-state index is 11.6. The second-order valence-electron chi connectivity index (χ2n) is 3.21. The number of aliphatic carboxylic acids is 1. The molecular formula is C11H12ClNO3. The van der Waals surface area contributed by atoms with Crippen molar-refractivity contribution in [3.8, 4) is 0 Å². The number of carbonyl (C=O) groups is 2. The van der Waals surface area contributed by atoms with Crippen LogP contribution in [0.2, 0.25) is 5.02 Å². The number of nitrogens with zero attached hydrogens (tertiary/aromatic N) is 1. The van der Waals surface area contributed by atoms with Crippen LogP contribution in [0.1, 0.15) is 13.3 Å². The third-order valence-electron chi connectivity index (χ3n) is 2.02. The lowest BCUT2D eigenvalue weighted by molar-refractivity contribution is -0.136. The molecule has 0 saturated carbocycles. The van der Waals surface area contributed by atoms with Crippen molar-refractivity contribution in [1.29, 1.82) is 0 Å². The van der Waals surface area contributed by atoms with Crippen LogP contribution in [0.15, 0.2) is 24.3 Å². The quantitative estimate of drug-likeness (QED) is 0.879. The largest absolute Gasteiger partial charge is 0.480 e. The van der Waals surface area contributed by atoms with Gasteiger partial charge in [0.25, 0.3) is 0 Å². The van der Waals surface area contributed by atoms with Crippen LogP contribution in [0, 0.1) is 0 Å². The Labute approximate surface area is 98.4 Å². The van der Waals surface area contributed by atoms with E-state index in [-0.39, 0.29) is 18.9 Å². The SMILES string of the molecule is CCC(=O)N(CC(=O)O)c1cccc(Cl)c1. The summed E-state index contributed by atoms with van der Waals surface area (Å²) in [4.78, 5) is 23.4. The second kappa shape index (κ2) is 5.51. The number of amides is 1. The number of hydrogen-bond donors (Lipinski definition) is 1. The van der Waals surface area contributed by atoms with Crippen LogP contribution in [-0.4, -0.2) is 23.5 Å². The van der Waals surface area contributed by atoms with E-state index in [2.05, 4.69) is 0 Å². The summed E-state index contributed by atoms with van der Waals surface area (Å²) in [5.74, 6) is -1.30. The molecule has 86 valence electrons. The maximum absolute atomic E-state index is 11.6. The molecule has 1 amide bonds. The highest BCUT2D eigenvalue weighted by molar-refractivity contribution is 6.30. The fraction of sp³-hybridized carbons (Fsp3) is 0.273. The van der Waals surface area contributed by atoms with Gasteiger partial charge in [-0.15, -0.1) is 0 Å². The fourth-order valence-corrected chi connectivity index (χ4v) is 1.48. The molecule has 4 nitrogen and oxygen atoms in total. The molecule has 1 aromatic rings. The van der Waals surface area contributed by atoms with E-state index in [4.69, 9.17) is 16.7 Å². The van der Waals surface area contributed by atoms with Crippen molar-refractivity contribution in [2.24, 2.45) is 0 Å². The molecule has 0 radical (unpaired) electrons. The Morgan fingerprint density at radius 2 is 2.12 bits per heavy atom. The molecule has 0 spiro atoms. The average Bonchev–Trinajstić information content (AvgIpc) is 2.24. The van der Waals surface area contributed by atoms with Crippen LogP contribution in [-0.2, 0) is 9.59 Å². The lowest BCUT2D eigenvalue weighted by Gasteiger charge is -2.20. The molecule has 5 heteroatoms. The monoisotopic (exact) mass is 241 g/mol. The number of carboxylic acids is 1. The van der Waals surface area contributed by atoms with Crippen molar-refractivity contribution >= 4 is 29.2 Å². The highest BCUT2D eigenvalue weighted by atomic mass is 35.5. The Morgan fingerprint density at radius 3 is 2.62 bits per heavy atom. The predicted molar refractivity (Wildman–Crippen MR) is 61.7 cm³/mol. The minimum absolute atomic E-state index is 0.246. The van der Waals surface area contributed by atoms with Gasteiger partial charge in [-0.05, 0) is 18.2 Å². The van der Waals surface area contributed by atoms with Gasteiger partial charge in [-0.1, -0.05) is 24.6 Å². The number of hydrogen-bond acceptors (Lipinski definition) is 2. The summed E-state index contributed by atoms with van der Waals surface area (Å²) in [6, 6.07) is 6.57. The number of halogens is 1. The standard InChI is InChI=1S/C11H12ClNO3/c1-2-10(14)13(7-11(15)16)9-5-3-4-8(12)6-9/h3-6H,2,7H2,1H3,(H,15,16). The summed E-state index contributed by atoms with van der Waals surface area (Å²) in [6.45, 7) is 1.33. The zero-order valence-electron chi connectivity index (χ0n) is 8.81. The third-order valence-corrected chi connectivity index (χ3v) is 2.25. The van der Waals surface area contributed by atoms with Gasteiger partial charge in [0.15, 0.2) is 0 Å². The summed E-state index contributed by atoms with van der Waals surface area (Å²) in [7, 11) is 0. The topological polar surface area (TPSA) is 57.6 Å². The molecule has 1 N–H and O–H groups in total. The molecule has 0 aliphatic carbocycles. The van der Waals surface area contributed by atoms with Crippen molar-refractivity contribution in [3.05, 3.63) is 29.3 Å². The van der Waals surface area contributed by atoms with Crippen molar-refractivity contribution in [2.75, 3.05) is 11.4 Å². The van der Waals surface area contributed by atoms with Crippen LogP contribution in [0.5, 0.6) is 0 Å². The Balaban J connectivity index is 3.00. The first kappa shape index (κ1) is 12.5. The van der Waals surface area contributed by atoms with Crippen LogP contribution < -0.4 is 4.90 Å². The van der Waals surface area contributed by atoms with Gasteiger partial charge in [-0.25, -0.2) is 0 Å². The summed E-state index contributed by atoms with van der Waals surface area (Å²) in [5.41, 5.74) is 0.502. The molecule has 16 heavy (non-hydrogen) atoms. The van der Waals surface area contributed by atoms with Crippen molar-refractivity contribution in [1.82, 2.24) is 0 Å². The molecule has 0 heterocycles. The summed E-state index contributed by atoms with van der Waals surface area (Å²) in [6.07, 6.45) is 0.250. The zero-order chi connectivity index (χ0) is 12.1. The first-order chi connectivity index (χ1) is 7.54. The molecular weight excluding hydrogens is 230 g/mol. The fourth-order valence-electron chi connectivity index (χ4n) is 1.29. The molecule has 0 unspecified atom stereocenters. The molecule has 0 aliphatic rings. The van der Waals surface area contributed by atoms with Crippen molar-refractivity contribution < 1.29 is 14.7 Å². The van der Waals surface area contributed by atoms with Gasteiger partial charge >= 0.3 is 5.97 Å². The van der Waals surface area contributed by atoms with Gasteiger partial charge in [-0.3, -0.25) is 9.59 Å². The number of carboxylic acid groups (broad SMARTS) is 1. The number of rotatable bonds is 4. The van der Waals surface area contributed by atoms with Crippen LogP contribution in [0.4, 0.5) is 5.69 Å². The van der Waals surface area contributed by atoms with E-state index < -0.39 is 5.97 Å². The molecule has 1 aromatic carbocycles. The number of anilines is 1. The Kier molecular flexibility index (Phi) is 4.31. The first-order valence-corrected chi connectivity index (χ1v) is 5.20. The molecule has 0 saturated heterocycles. The minimum Gasteiger partial charge on any atom is -0.480 e. The lowest BCUT2D eigenvalue weighted by atomic mass is 10.2. The highest BCUT2D eigenvalue weighted by Crippen LogP contribution is 2.20. The second-order valence-corrected chi connectivity index (χ2v) is 3.64. The Morgan fingerprint density at radius 1 is 1.44 bits per heavy atom. The Bertz CT molecular complexity index is 406. The van der Waals surface area contributed by atoms with E-state index >= 15 is 0 Å². The van der Waals surface area contributed by atoms with Gasteiger partial charge in [0.1, 0.15) is 6.54 Å². The van der Waals surface area contributed by atoms with E-state index in [9.17, 15) is 9.59 Å². The molecule has 0 fully saturated rings.